The second-order valence-electron chi connectivity index (χ2n) is 15.4. The first-order valence-electron chi connectivity index (χ1n) is 19.9. The Hall–Kier alpha value is -5.64. The van der Waals surface area contributed by atoms with Crippen molar-refractivity contribution in [2.45, 2.75) is 99.0 Å². The van der Waals surface area contributed by atoms with Crippen molar-refractivity contribution in [3.05, 3.63) is 76.5 Å². The van der Waals surface area contributed by atoms with Crippen LogP contribution < -0.4 is 14.9 Å². The number of benzene rings is 3. The lowest BCUT2D eigenvalue weighted by Gasteiger charge is -2.45. The van der Waals surface area contributed by atoms with Crippen LogP contribution in [0, 0.1) is 0 Å². The van der Waals surface area contributed by atoms with E-state index in [1.165, 1.54) is 43.3 Å². The van der Waals surface area contributed by atoms with Crippen LogP contribution in [0.25, 0.3) is 28.4 Å². The highest BCUT2D eigenvalue weighted by Gasteiger charge is 2.51. The molecule has 0 aliphatic carbocycles. The molecule has 0 saturated carbocycles. The average Bonchev–Trinajstić information content (AvgIpc) is 3.28. The molecule has 3 aliphatic heterocycles. The lowest BCUT2D eigenvalue weighted by molar-refractivity contribution is -0.355. The van der Waals surface area contributed by atoms with E-state index in [0.29, 0.717) is 5.56 Å². The van der Waals surface area contributed by atoms with Crippen LogP contribution in [-0.4, -0.2) is 178 Å². The molecular weight excluding hydrogens is 872 g/mol. The normalized spacial score (nSPS) is 32.9. The van der Waals surface area contributed by atoms with Crippen LogP contribution in [0.15, 0.2) is 69.9 Å². The summed E-state index contributed by atoms with van der Waals surface area (Å²) in [6.07, 6.45) is -24.4. The van der Waals surface area contributed by atoms with Gasteiger partial charge in [0.1, 0.15) is 95.9 Å². The molecule has 3 aromatic carbocycles. The maximum atomic E-state index is 14.4. The summed E-state index contributed by atoms with van der Waals surface area (Å²) >= 11 is 0. The molecule has 0 spiro atoms. The van der Waals surface area contributed by atoms with Crippen LogP contribution >= 0.6 is 0 Å². The smallest absolute Gasteiger partial charge is 0.330 e. The van der Waals surface area contributed by atoms with Crippen molar-refractivity contribution in [2.24, 2.45) is 0 Å². The fourth-order valence-electron chi connectivity index (χ4n) is 7.23. The highest BCUT2D eigenvalue weighted by atomic mass is 16.8. The summed E-state index contributed by atoms with van der Waals surface area (Å²) < 4.78 is 45.6. The second-order valence-corrected chi connectivity index (χ2v) is 15.4. The number of phenols is 4. The van der Waals surface area contributed by atoms with Gasteiger partial charge in [-0.2, -0.15) is 0 Å². The number of hydrogen-bond donors (Lipinski definition) is 13. The van der Waals surface area contributed by atoms with Crippen LogP contribution in [0.3, 0.4) is 0 Å². The van der Waals surface area contributed by atoms with Crippen molar-refractivity contribution >= 4 is 23.0 Å². The number of fused-ring (bicyclic) bond motifs is 1. The molecule has 2 unspecified atom stereocenters. The van der Waals surface area contributed by atoms with E-state index in [1.54, 1.807) is 0 Å². The molecule has 0 amide bonds. The molecule has 3 saturated heterocycles. The van der Waals surface area contributed by atoms with Crippen LogP contribution in [0.4, 0.5) is 0 Å². The third kappa shape index (κ3) is 9.83. The zero-order valence-electron chi connectivity index (χ0n) is 33.8. The van der Waals surface area contributed by atoms with Gasteiger partial charge in [0.05, 0.1) is 12.7 Å². The second kappa shape index (κ2) is 19.4. The Bertz CT molecular complexity index is 2400. The van der Waals surface area contributed by atoms with Crippen molar-refractivity contribution in [1.29, 1.82) is 0 Å². The molecule has 3 aliphatic rings. The minimum Gasteiger partial charge on any atom is -0.508 e. The molecule has 3 fully saturated rings. The molecule has 7 rings (SSSR count). The Morgan fingerprint density at radius 3 is 2.02 bits per heavy atom. The Balaban J connectivity index is 1.19. The molecule has 4 heterocycles. The van der Waals surface area contributed by atoms with Crippen LogP contribution in [0.1, 0.15) is 12.5 Å². The Morgan fingerprint density at radius 1 is 0.677 bits per heavy atom. The van der Waals surface area contributed by atoms with Crippen LogP contribution in [0.2, 0.25) is 0 Å². The number of ether oxygens (including phenoxy) is 7. The van der Waals surface area contributed by atoms with Crippen molar-refractivity contribution in [3.8, 4) is 45.8 Å². The van der Waals surface area contributed by atoms with Gasteiger partial charge in [-0.05, 0) is 48.9 Å². The Kier molecular flexibility index (Phi) is 14.2. The summed E-state index contributed by atoms with van der Waals surface area (Å²) in [5.74, 6) is -4.66. The fourth-order valence-corrected chi connectivity index (χ4v) is 7.23. The minimum absolute atomic E-state index is 0.000991. The van der Waals surface area contributed by atoms with Crippen LogP contribution in [0.5, 0.6) is 34.5 Å². The van der Waals surface area contributed by atoms with E-state index in [4.69, 9.17) is 37.6 Å². The van der Waals surface area contributed by atoms with E-state index in [2.05, 4.69) is 0 Å². The Labute approximate surface area is 365 Å². The quantitative estimate of drug-likeness (QED) is 0.0406. The van der Waals surface area contributed by atoms with E-state index < -0.39 is 156 Å². The zero-order chi connectivity index (χ0) is 47.0. The number of carbonyl (C=O) groups is 1. The van der Waals surface area contributed by atoms with E-state index in [0.717, 1.165) is 30.3 Å². The zero-order valence-corrected chi connectivity index (χ0v) is 33.8. The molecule has 0 radical (unpaired) electrons. The molecule has 0 bridgehead atoms. The fraction of sp³-hybridized carbons (Fsp3) is 0.429. The van der Waals surface area contributed by atoms with E-state index in [-0.39, 0.29) is 17.1 Å². The lowest BCUT2D eigenvalue weighted by Crippen LogP contribution is -2.64. The van der Waals surface area contributed by atoms with Crippen molar-refractivity contribution < 1.29 is 109 Å². The maximum absolute atomic E-state index is 14.4. The first kappa shape index (κ1) is 47.3. The number of aliphatic hydroxyl groups excluding tert-OH is 9. The largest absolute Gasteiger partial charge is 0.508 e. The average molecular weight is 919 g/mol. The number of aromatic hydroxyl groups is 4. The number of rotatable bonds is 12. The maximum Gasteiger partial charge on any atom is 0.330 e. The van der Waals surface area contributed by atoms with Gasteiger partial charge >= 0.3 is 5.97 Å². The van der Waals surface area contributed by atoms with Gasteiger partial charge < -0.3 is 104 Å². The van der Waals surface area contributed by atoms with Gasteiger partial charge in [-0.25, -0.2) is 4.79 Å². The number of hydrogen-bond acceptors (Lipinski definition) is 23. The summed E-state index contributed by atoms with van der Waals surface area (Å²) in [4.78, 5) is 26.9. The highest BCUT2D eigenvalue weighted by Crippen LogP contribution is 2.41. The van der Waals surface area contributed by atoms with Crippen molar-refractivity contribution in [3.63, 3.8) is 0 Å². The topological polar surface area (TPSA) is 375 Å². The van der Waals surface area contributed by atoms with E-state index in [1.807, 2.05) is 0 Å². The van der Waals surface area contributed by atoms with Crippen LogP contribution in [-0.2, 0) is 28.5 Å². The van der Waals surface area contributed by atoms with Gasteiger partial charge in [0.2, 0.25) is 23.8 Å². The van der Waals surface area contributed by atoms with E-state index in [9.17, 15) is 76.0 Å². The van der Waals surface area contributed by atoms with Crippen molar-refractivity contribution in [1.82, 2.24) is 0 Å². The summed E-state index contributed by atoms with van der Waals surface area (Å²) in [5, 5.41) is 136. The predicted molar refractivity (Wildman–Crippen MR) is 214 cm³/mol. The van der Waals surface area contributed by atoms with Gasteiger partial charge in [0, 0.05) is 23.8 Å². The summed E-state index contributed by atoms with van der Waals surface area (Å²) in [6, 6.07) is 10.9. The first-order valence-corrected chi connectivity index (χ1v) is 19.9. The molecule has 23 heteroatoms. The third-order valence-electron chi connectivity index (χ3n) is 10.9. The minimum atomic E-state index is -2.06. The molecule has 65 heavy (non-hydrogen) atoms. The van der Waals surface area contributed by atoms with Gasteiger partial charge in [-0.3, -0.25) is 4.79 Å². The molecule has 23 nitrogen and oxygen atoms in total. The molecular formula is C42H46O23. The van der Waals surface area contributed by atoms with Gasteiger partial charge in [-0.15, -0.1) is 0 Å². The van der Waals surface area contributed by atoms with E-state index >= 15 is 0 Å². The molecule has 13 N–H and O–H groups in total. The first-order chi connectivity index (χ1) is 30.9. The molecule has 352 valence electrons. The summed E-state index contributed by atoms with van der Waals surface area (Å²) in [6.45, 7) is -0.163. The van der Waals surface area contributed by atoms with Gasteiger partial charge in [0.25, 0.3) is 0 Å². The van der Waals surface area contributed by atoms with Gasteiger partial charge in [0.15, 0.2) is 29.7 Å². The molecule has 4 aromatic rings. The van der Waals surface area contributed by atoms with Crippen molar-refractivity contribution in [2.75, 3.05) is 13.2 Å². The number of phenolic OH excluding ortho intramolecular Hbond substituents is 4. The predicted octanol–water partition coefficient (Wildman–Crippen LogP) is -2.24. The SMILES string of the molecule is C[C@@H]1O[C@@H](Oc2c(-c3ccc(O)c(O)c3)oc3cc(O[C@@H]4O[C@H](CO)[C@@H](O)C(O)[C@H]4O)cc(O)c3c2=O)C(O[C@@H]2O[C@H](COC(=O)/C=C/c3ccc(O)cc3)[C@@H](O)[C@H](O)[C@H]2O)[C@H](O)[C@H]1O. The number of carbonyl (C=O) groups excluding carboxylic acids is 1. The van der Waals surface area contributed by atoms with Gasteiger partial charge in [-0.1, -0.05) is 12.1 Å². The number of esters is 1. The monoisotopic (exact) mass is 918 g/mol. The Morgan fingerprint density at radius 2 is 1.34 bits per heavy atom. The summed E-state index contributed by atoms with van der Waals surface area (Å²) in [7, 11) is 0. The number of aliphatic hydroxyl groups is 9. The standard InChI is InChI=1S/C42H46O23/c1-15-28(49)34(55)39(65-41-36(57)33(54)30(51)25(63-41)14-58-26(48)9-4-16-2-6-18(44)7-3-16)42(59-15)64-38-31(52)27-22(47)11-19(60-40-35(56)32(53)29(50)24(13-43)62-40)12-23(27)61-37(38)17-5-8-20(45)21(46)10-17/h2-12,15,24-25,28-30,32-36,39-47,49-51,53-57H,13-14H2,1H3/b9-4+/t15-,24+,25+,28-,29+,30+,32?,33-,34+,35+,36+,39?,40+,41-,42-/m0/s1. The summed E-state index contributed by atoms with van der Waals surface area (Å²) in [5.41, 5.74) is -1.19. The molecule has 15 atom stereocenters. The molecule has 1 aromatic heterocycles. The lowest BCUT2D eigenvalue weighted by atomic mass is 9.97. The third-order valence-corrected chi connectivity index (χ3v) is 10.9. The highest BCUT2D eigenvalue weighted by molar-refractivity contribution is 5.89.